The second-order valence-corrected chi connectivity index (χ2v) is 8.97. The van der Waals surface area contributed by atoms with E-state index in [0.29, 0.717) is 40.4 Å². The minimum absolute atomic E-state index is 0.0924. The molecule has 10 heteroatoms. The summed E-state index contributed by atoms with van der Waals surface area (Å²) in [5.41, 5.74) is 8.33. The molecule has 2 aliphatic rings. The van der Waals surface area contributed by atoms with Crippen molar-refractivity contribution in [2.24, 2.45) is 0 Å². The highest BCUT2D eigenvalue weighted by molar-refractivity contribution is 6.16. The number of carbonyl (C=O) groups excluding carboxylic acids is 1. The first-order valence-electron chi connectivity index (χ1n) is 11.9. The van der Waals surface area contributed by atoms with Gasteiger partial charge in [0.1, 0.15) is 35.7 Å². The van der Waals surface area contributed by atoms with Gasteiger partial charge in [0.2, 0.25) is 0 Å². The number of fused-ring (bicyclic) bond motifs is 1. The minimum Gasteiger partial charge on any atom is -0.497 e. The number of nitrogens with zero attached hydrogens (tertiary/aromatic N) is 3. The summed E-state index contributed by atoms with van der Waals surface area (Å²) in [6.45, 7) is 2.01. The molecule has 186 valence electrons. The number of halogens is 1. The molecule has 2 heterocycles. The summed E-state index contributed by atoms with van der Waals surface area (Å²) in [5, 5.41) is 15.7. The fourth-order valence-corrected chi connectivity index (χ4v) is 4.59. The van der Waals surface area contributed by atoms with Gasteiger partial charge in [-0.3, -0.25) is 10.2 Å². The van der Waals surface area contributed by atoms with E-state index in [1.165, 1.54) is 18.5 Å². The van der Waals surface area contributed by atoms with Crippen molar-refractivity contribution in [1.82, 2.24) is 14.9 Å². The molecule has 2 unspecified atom stereocenters. The van der Waals surface area contributed by atoms with Gasteiger partial charge in [0.25, 0.3) is 5.91 Å². The van der Waals surface area contributed by atoms with Crippen LogP contribution in [0.2, 0.25) is 0 Å². The highest BCUT2D eigenvalue weighted by Crippen LogP contribution is 2.37. The van der Waals surface area contributed by atoms with Crippen LogP contribution in [0.4, 0.5) is 21.7 Å². The Balaban J connectivity index is 1.48. The Bertz CT molecular complexity index is 1310. The summed E-state index contributed by atoms with van der Waals surface area (Å²) < 4.78 is 19.1. The largest absolute Gasteiger partial charge is 0.497 e. The third-order valence-corrected chi connectivity index (χ3v) is 6.64. The van der Waals surface area contributed by atoms with Crippen molar-refractivity contribution < 1.29 is 13.9 Å². The number of carbonyl (C=O) groups is 1. The van der Waals surface area contributed by atoms with E-state index in [2.05, 4.69) is 20.6 Å². The van der Waals surface area contributed by atoms with Gasteiger partial charge in [-0.1, -0.05) is 6.92 Å². The number of ether oxygens (including phenoxy) is 1. The highest BCUT2D eigenvalue weighted by Gasteiger charge is 2.44. The van der Waals surface area contributed by atoms with Gasteiger partial charge in [-0.15, -0.1) is 0 Å². The first-order valence-corrected chi connectivity index (χ1v) is 11.9. The molecule has 3 aromatic rings. The number of aromatic nitrogens is 2. The lowest BCUT2D eigenvalue weighted by Crippen LogP contribution is -2.57. The molecule has 1 aromatic heterocycles. The minimum atomic E-state index is -0.443. The SMILES string of the molecule is CCC(Nc1ncnc(N)c1C(=N)c1ccc(OC)cc1)C1Nc2ccc(F)cc2C(=O)N1C1CC1. The van der Waals surface area contributed by atoms with Crippen molar-refractivity contribution >= 4 is 28.9 Å². The molecular weight excluding hydrogens is 461 g/mol. The van der Waals surface area contributed by atoms with Gasteiger partial charge < -0.3 is 26.0 Å². The maximum Gasteiger partial charge on any atom is 0.258 e. The van der Waals surface area contributed by atoms with Crippen LogP contribution < -0.4 is 21.1 Å². The normalized spacial score (nSPS) is 17.7. The summed E-state index contributed by atoms with van der Waals surface area (Å²) in [4.78, 5) is 23.7. The molecule has 0 spiro atoms. The summed E-state index contributed by atoms with van der Waals surface area (Å²) in [6, 6.07) is 11.1. The molecule has 5 rings (SSSR count). The summed E-state index contributed by atoms with van der Waals surface area (Å²) in [5.74, 6) is 0.633. The van der Waals surface area contributed by atoms with Gasteiger partial charge in [0.05, 0.1) is 30.0 Å². The maximum absolute atomic E-state index is 13.9. The van der Waals surface area contributed by atoms with E-state index in [1.807, 2.05) is 11.8 Å². The Kier molecular flexibility index (Phi) is 6.17. The van der Waals surface area contributed by atoms with E-state index in [9.17, 15) is 9.18 Å². The molecule has 9 nitrogen and oxygen atoms in total. The topological polar surface area (TPSA) is 129 Å². The Morgan fingerprint density at radius 3 is 2.69 bits per heavy atom. The van der Waals surface area contributed by atoms with E-state index in [1.54, 1.807) is 37.4 Å². The van der Waals surface area contributed by atoms with Gasteiger partial charge in [0, 0.05) is 17.3 Å². The number of anilines is 3. The van der Waals surface area contributed by atoms with E-state index in [-0.39, 0.29) is 29.5 Å². The average molecular weight is 490 g/mol. The molecule has 1 saturated carbocycles. The van der Waals surface area contributed by atoms with Gasteiger partial charge in [-0.05, 0) is 61.7 Å². The lowest BCUT2D eigenvalue weighted by Gasteiger charge is -2.42. The summed E-state index contributed by atoms with van der Waals surface area (Å²) in [7, 11) is 1.58. The second kappa shape index (κ2) is 9.44. The predicted octanol–water partition coefficient (Wildman–Crippen LogP) is 3.87. The second-order valence-electron chi connectivity index (χ2n) is 8.97. The number of hydrogen-bond acceptors (Lipinski definition) is 8. The van der Waals surface area contributed by atoms with Gasteiger partial charge in [-0.2, -0.15) is 0 Å². The first kappa shape index (κ1) is 23.5. The number of rotatable bonds is 8. The monoisotopic (exact) mass is 489 g/mol. The van der Waals surface area contributed by atoms with Crippen molar-refractivity contribution in [1.29, 1.82) is 5.41 Å². The van der Waals surface area contributed by atoms with E-state index in [0.717, 1.165) is 12.8 Å². The quantitative estimate of drug-likeness (QED) is 0.354. The fraction of sp³-hybridized carbons (Fsp3) is 0.308. The van der Waals surface area contributed by atoms with Crippen molar-refractivity contribution in [3.8, 4) is 5.75 Å². The molecule has 2 aromatic carbocycles. The van der Waals surface area contributed by atoms with Gasteiger partial charge >= 0.3 is 0 Å². The van der Waals surface area contributed by atoms with Gasteiger partial charge in [-0.25, -0.2) is 14.4 Å². The van der Waals surface area contributed by atoms with Crippen LogP contribution >= 0.6 is 0 Å². The Morgan fingerprint density at radius 1 is 1.28 bits per heavy atom. The average Bonchev–Trinajstić information content (AvgIpc) is 3.72. The highest BCUT2D eigenvalue weighted by atomic mass is 19.1. The number of hydrogen-bond donors (Lipinski definition) is 4. The zero-order valence-corrected chi connectivity index (χ0v) is 20.1. The third kappa shape index (κ3) is 4.30. The van der Waals surface area contributed by atoms with Crippen LogP contribution in [0.1, 0.15) is 47.7 Å². The summed E-state index contributed by atoms with van der Waals surface area (Å²) in [6.07, 6.45) is 3.40. The fourth-order valence-electron chi connectivity index (χ4n) is 4.59. The van der Waals surface area contributed by atoms with Crippen molar-refractivity contribution in [2.45, 2.75) is 44.4 Å². The molecule has 1 fully saturated rings. The van der Waals surface area contributed by atoms with E-state index < -0.39 is 12.0 Å². The lowest BCUT2D eigenvalue weighted by molar-refractivity contribution is 0.0646. The van der Waals surface area contributed by atoms with E-state index >= 15 is 0 Å². The zero-order chi connectivity index (χ0) is 25.4. The number of methoxy groups -OCH3 is 1. The molecule has 1 amide bonds. The lowest BCUT2D eigenvalue weighted by atomic mass is 10.0. The number of benzene rings is 2. The maximum atomic E-state index is 13.9. The molecule has 0 saturated heterocycles. The zero-order valence-electron chi connectivity index (χ0n) is 20.1. The molecular formula is C26H28FN7O2. The Morgan fingerprint density at radius 2 is 2.03 bits per heavy atom. The standard InChI is InChI=1S/C26H28FN7O2/c1-3-19(25-33-20-11-6-15(27)12-18(20)26(35)34(25)16-7-8-16)32-24-21(23(29)30-13-31-24)22(28)14-4-9-17(36-2)10-5-14/h4-6,9-13,16,19,25,28,33H,3,7-8H2,1-2H3,(H3,29,30,31,32). The third-order valence-electron chi connectivity index (χ3n) is 6.64. The van der Waals surface area contributed by atoms with E-state index in [4.69, 9.17) is 15.9 Å². The van der Waals surface area contributed by atoms with Crippen LogP contribution in [-0.4, -0.2) is 51.8 Å². The van der Waals surface area contributed by atoms with Crippen molar-refractivity contribution in [2.75, 3.05) is 23.5 Å². The predicted molar refractivity (Wildman–Crippen MR) is 136 cm³/mol. The smallest absolute Gasteiger partial charge is 0.258 e. The number of nitrogen functional groups attached to an aromatic ring is 1. The molecule has 0 radical (unpaired) electrons. The van der Waals surface area contributed by atoms with Crippen LogP contribution in [0.25, 0.3) is 0 Å². The molecule has 5 N–H and O–H groups in total. The number of amides is 1. The first-order chi connectivity index (χ1) is 17.4. The summed E-state index contributed by atoms with van der Waals surface area (Å²) >= 11 is 0. The molecule has 0 bridgehead atoms. The van der Waals surface area contributed by atoms with Crippen LogP contribution in [0, 0.1) is 11.2 Å². The van der Waals surface area contributed by atoms with Gasteiger partial charge in [0.15, 0.2) is 0 Å². The molecule has 1 aliphatic carbocycles. The van der Waals surface area contributed by atoms with Crippen molar-refractivity contribution in [3.05, 3.63) is 71.3 Å². The molecule has 2 atom stereocenters. The number of nitrogens with one attached hydrogen (secondary N) is 3. The number of nitrogens with two attached hydrogens (primary N) is 1. The molecule has 1 aliphatic heterocycles. The van der Waals surface area contributed by atoms with Crippen molar-refractivity contribution in [3.63, 3.8) is 0 Å². The Hall–Kier alpha value is -4.21. The van der Waals surface area contributed by atoms with Crippen LogP contribution in [0.5, 0.6) is 5.75 Å². The van der Waals surface area contributed by atoms with Crippen LogP contribution in [0.3, 0.4) is 0 Å². The van der Waals surface area contributed by atoms with Crippen LogP contribution in [-0.2, 0) is 0 Å². The Labute approximate surface area is 208 Å². The molecule has 36 heavy (non-hydrogen) atoms. The van der Waals surface area contributed by atoms with Crippen LogP contribution in [0.15, 0.2) is 48.8 Å².